The molecular formula is C25H30N4O. The minimum Gasteiger partial charge on any atom is -0.356 e. The van der Waals surface area contributed by atoms with Gasteiger partial charge in [0.25, 0.3) is 0 Å². The third kappa shape index (κ3) is 2.85. The van der Waals surface area contributed by atoms with Crippen LogP contribution in [0.5, 0.6) is 0 Å². The number of anilines is 1. The standard InChI is InChI=1S/C25H30N4O/c1-16-20-4-2-3-5-22(20)28-24(27-16)29-12-8-17(9-13-29)23(30)26-15-18-14-19-6-7-21(18)25(19)10-11-25/h2-7,17-19,21H,8-15H2,1H3,(H,26,30)/t18-,19-,21-/m1/s1. The number of rotatable bonds is 4. The maximum absolute atomic E-state index is 12.8. The van der Waals surface area contributed by atoms with Crippen molar-refractivity contribution in [3.63, 3.8) is 0 Å². The van der Waals surface area contributed by atoms with E-state index in [-0.39, 0.29) is 11.8 Å². The molecule has 3 aliphatic carbocycles. The number of carbonyl (C=O) groups is 1. The summed E-state index contributed by atoms with van der Waals surface area (Å²) in [6.07, 6.45) is 10.7. The fourth-order valence-corrected chi connectivity index (χ4v) is 6.43. The molecule has 2 saturated carbocycles. The van der Waals surface area contributed by atoms with E-state index >= 15 is 0 Å². The van der Waals surface area contributed by atoms with Crippen LogP contribution in [0.4, 0.5) is 5.95 Å². The summed E-state index contributed by atoms with van der Waals surface area (Å²) in [5.74, 6) is 3.33. The second-order valence-electron chi connectivity index (χ2n) is 9.88. The first-order valence-corrected chi connectivity index (χ1v) is 11.6. The molecule has 1 N–H and O–H groups in total. The lowest BCUT2D eigenvalue weighted by Gasteiger charge is -2.32. The van der Waals surface area contributed by atoms with Crippen LogP contribution >= 0.6 is 0 Å². The van der Waals surface area contributed by atoms with Crippen LogP contribution in [0.2, 0.25) is 0 Å². The van der Waals surface area contributed by atoms with Crippen molar-refractivity contribution in [2.75, 3.05) is 24.5 Å². The van der Waals surface area contributed by atoms with Gasteiger partial charge in [0.1, 0.15) is 0 Å². The van der Waals surface area contributed by atoms with Gasteiger partial charge >= 0.3 is 0 Å². The zero-order chi connectivity index (χ0) is 20.3. The Morgan fingerprint density at radius 3 is 2.73 bits per heavy atom. The zero-order valence-electron chi connectivity index (χ0n) is 17.7. The number of benzene rings is 1. The van der Waals surface area contributed by atoms with Gasteiger partial charge in [0.05, 0.1) is 11.2 Å². The number of amides is 1. The molecule has 2 heterocycles. The molecule has 0 radical (unpaired) electrons. The second kappa shape index (κ2) is 6.79. The number of piperidine rings is 1. The molecule has 5 heteroatoms. The van der Waals surface area contributed by atoms with E-state index in [1.165, 1.54) is 19.3 Å². The SMILES string of the molecule is Cc1nc(N2CCC(C(=O)NC[C@H]3C[C@H]4C=C[C@H]3C43CC3)CC2)nc2ccccc12. The van der Waals surface area contributed by atoms with Gasteiger partial charge in [-0.1, -0.05) is 30.4 Å². The van der Waals surface area contributed by atoms with Crippen molar-refractivity contribution >= 4 is 22.8 Å². The van der Waals surface area contributed by atoms with Crippen molar-refractivity contribution in [3.8, 4) is 0 Å². The van der Waals surface area contributed by atoms with Gasteiger partial charge in [0, 0.05) is 30.9 Å². The van der Waals surface area contributed by atoms with E-state index in [9.17, 15) is 4.79 Å². The van der Waals surface area contributed by atoms with Gasteiger partial charge in [-0.05, 0) is 68.3 Å². The van der Waals surface area contributed by atoms with Crippen LogP contribution in [0.1, 0.15) is 37.8 Å². The number of hydrogen-bond donors (Lipinski definition) is 1. The van der Waals surface area contributed by atoms with Crippen molar-refractivity contribution < 1.29 is 4.79 Å². The largest absolute Gasteiger partial charge is 0.356 e. The maximum Gasteiger partial charge on any atom is 0.226 e. The number of carbonyl (C=O) groups excluding carboxylic acids is 1. The first-order chi connectivity index (χ1) is 14.6. The summed E-state index contributed by atoms with van der Waals surface area (Å²) >= 11 is 0. The molecule has 1 saturated heterocycles. The summed E-state index contributed by atoms with van der Waals surface area (Å²) in [7, 11) is 0. The van der Waals surface area contributed by atoms with E-state index in [0.717, 1.165) is 66.9 Å². The lowest BCUT2D eigenvalue weighted by atomic mass is 9.88. The molecule has 1 spiro atoms. The van der Waals surface area contributed by atoms with Crippen molar-refractivity contribution in [1.82, 2.24) is 15.3 Å². The molecule has 5 nitrogen and oxygen atoms in total. The Kier molecular flexibility index (Phi) is 4.15. The molecule has 0 unspecified atom stereocenters. The number of hydrogen-bond acceptors (Lipinski definition) is 4. The number of allylic oxidation sites excluding steroid dienone is 2. The number of aromatic nitrogens is 2. The van der Waals surface area contributed by atoms with E-state index < -0.39 is 0 Å². The average Bonchev–Trinajstić information content (AvgIpc) is 3.45. The number of nitrogens with one attached hydrogen (secondary N) is 1. The first kappa shape index (κ1) is 18.3. The Morgan fingerprint density at radius 1 is 1.17 bits per heavy atom. The monoisotopic (exact) mass is 402 g/mol. The zero-order valence-corrected chi connectivity index (χ0v) is 17.7. The fourth-order valence-electron chi connectivity index (χ4n) is 6.43. The quantitative estimate of drug-likeness (QED) is 0.789. The number of aryl methyl sites for hydroxylation is 1. The van der Waals surface area contributed by atoms with Crippen LogP contribution < -0.4 is 10.2 Å². The molecule has 30 heavy (non-hydrogen) atoms. The lowest BCUT2D eigenvalue weighted by Crippen LogP contribution is -2.42. The van der Waals surface area contributed by atoms with Crippen molar-refractivity contribution in [3.05, 3.63) is 42.1 Å². The van der Waals surface area contributed by atoms with Crippen LogP contribution in [0, 0.1) is 36.0 Å². The highest BCUT2D eigenvalue weighted by Crippen LogP contribution is 2.69. The Hall–Kier alpha value is -2.43. The highest BCUT2D eigenvalue weighted by atomic mass is 16.1. The topological polar surface area (TPSA) is 58.1 Å². The summed E-state index contributed by atoms with van der Waals surface area (Å²) < 4.78 is 0. The van der Waals surface area contributed by atoms with E-state index in [1.807, 2.05) is 25.1 Å². The summed E-state index contributed by atoms with van der Waals surface area (Å²) in [4.78, 5) is 24.6. The van der Waals surface area contributed by atoms with Crippen LogP contribution in [0.25, 0.3) is 10.9 Å². The molecule has 6 rings (SSSR count). The highest BCUT2D eigenvalue weighted by molar-refractivity contribution is 5.82. The Labute approximate surface area is 178 Å². The van der Waals surface area contributed by atoms with Crippen molar-refractivity contribution in [2.45, 2.75) is 39.0 Å². The van der Waals surface area contributed by atoms with Gasteiger partial charge < -0.3 is 10.2 Å². The van der Waals surface area contributed by atoms with E-state index in [1.54, 1.807) is 0 Å². The van der Waals surface area contributed by atoms with Crippen LogP contribution in [-0.4, -0.2) is 35.5 Å². The molecule has 1 amide bonds. The summed E-state index contributed by atoms with van der Waals surface area (Å²) in [6.45, 7) is 4.59. The van der Waals surface area contributed by atoms with Crippen molar-refractivity contribution in [2.24, 2.45) is 29.1 Å². The van der Waals surface area contributed by atoms with Gasteiger partial charge in [-0.3, -0.25) is 4.79 Å². The Bertz CT molecular complexity index is 1020. The third-order valence-electron chi connectivity index (χ3n) is 8.31. The molecule has 3 atom stereocenters. The predicted molar refractivity (Wildman–Crippen MR) is 118 cm³/mol. The third-order valence-corrected chi connectivity index (χ3v) is 8.31. The number of fused-ring (bicyclic) bond motifs is 1. The fraction of sp³-hybridized carbons (Fsp3) is 0.560. The molecule has 1 aromatic carbocycles. The Balaban J connectivity index is 1.05. The minimum atomic E-state index is 0.117. The molecular weight excluding hydrogens is 372 g/mol. The second-order valence-corrected chi connectivity index (χ2v) is 9.88. The Morgan fingerprint density at radius 2 is 1.97 bits per heavy atom. The van der Waals surface area contributed by atoms with Gasteiger partial charge in [-0.2, -0.15) is 0 Å². The van der Waals surface area contributed by atoms with Gasteiger partial charge in [0.2, 0.25) is 11.9 Å². The van der Waals surface area contributed by atoms with E-state index in [2.05, 4.69) is 28.4 Å². The molecule has 3 fully saturated rings. The lowest BCUT2D eigenvalue weighted by molar-refractivity contribution is -0.125. The number of para-hydroxylation sites is 1. The summed E-state index contributed by atoms with van der Waals surface area (Å²) in [5, 5.41) is 4.42. The number of nitrogens with zero attached hydrogens (tertiary/aromatic N) is 3. The molecule has 2 aromatic rings. The minimum absolute atomic E-state index is 0.117. The smallest absolute Gasteiger partial charge is 0.226 e. The van der Waals surface area contributed by atoms with Crippen LogP contribution in [0.15, 0.2) is 36.4 Å². The van der Waals surface area contributed by atoms with Gasteiger partial charge in [0.15, 0.2) is 0 Å². The van der Waals surface area contributed by atoms with E-state index in [0.29, 0.717) is 11.3 Å². The molecule has 1 aromatic heterocycles. The maximum atomic E-state index is 12.8. The molecule has 156 valence electrons. The first-order valence-electron chi connectivity index (χ1n) is 11.6. The van der Waals surface area contributed by atoms with Gasteiger partial charge in [-0.25, -0.2) is 9.97 Å². The summed E-state index contributed by atoms with van der Waals surface area (Å²) in [6, 6.07) is 8.17. The average molecular weight is 403 g/mol. The molecule has 4 aliphatic rings. The van der Waals surface area contributed by atoms with Crippen molar-refractivity contribution in [1.29, 1.82) is 0 Å². The molecule has 2 bridgehead atoms. The van der Waals surface area contributed by atoms with E-state index in [4.69, 9.17) is 9.97 Å². The molecule has 1 aliphatic heterocycles. The highest BCUT2D eigenvalue weighted by Gasteiger charge is 2.62. The van der Waals surface area contributed by atoms with Crippen LogP contribution in [-0.2, 0) is 4.79 Å². The predicted octanol–water partition coefficient (Wildman–Crippen LogP) is 3.87. The van der Waals surface area contributed by atoms with Gasteiger partial charge in [-0.15, -0.1) is 0 Å². The normalized spacial score (nSPS) is 29.1. The van der Waals surface area contributed by atoms with Crippen LogP contribution in [0.3, 0.4) is 0 Å². The summed E-state index contributed by atoms with van der Waals surface area (Å²) in [5.41, 5.74) is 2.62.